The van der Waals surface area contributed by atoms with Gasteiger partial charge in [0.05, 0.1) is 13.2 Å². The van der Waals surface area contributed by atoms with Crippen LogP contribution in [-0.4, -0.2) is 13.7 Å². The standard InChI is InChI=1S/C17H22BrNO2/c1-4-10-19-15(5-2)17-9-8-16(21-17)13-11-12(20-3)6-7-14(13)18/h6-9,11,15,19H,4-5,10H2,1-3H3. The molecule has 0 saturated heterocycles. The molecule has 0 fully saturated rings. The molecule has 1 aromatic carbocycles. The molecule has 1 heterocycles. The lowest BCUT2D eigenvalue weighted by atomic mass is 10.1. The average Bonchev–Trinajstić information content (AvgIpc) is 2.98. The summed E-state index contributed by atoms with van der Waals surface area (Å²) in [6.45, 7) is 5.33. The zero-order valence-electron chi connectivity index (χ0n) is 12.8. The molecule has 2 aromatic rings. The van der Waals surface area contributed by atoms with E-state index in [0.29, 0.717) is 0 Å². The highest BCUT2D eigenvalue weighted by atomic mass is 79.9. The summed E-state index contributed by atoms with van der Waals surface area (Å²) in [5.41, 5.74) is 1.01. The van der Waals surface area contributed by atoms with Crippen LogP contribution < -0.4 is 10.1 Å². The maximum Gasteiger partial charge on any atom is 0.135 e. The Morgan fingerprint density at radius 3 is 2.71 bits per heavy atom. The number of furan rings is 1. The third-order valence-corrected chi connectivity index (χ3v) is 4.15. The van der Waals surface area contributed by atoms with Crippen LogP contribution in [0.3, 0.4) is 0 Å². The summed E-state index contributed by atoms with van der Waals surface area (Å²) in [5, 5.41) is 3.51. The first kappa shape index (κ1) is 16.1. The van der Waals surface area contributed by atoms with Crippen LogP contribution >= 0.6 is 15.9 Å². The molecule has 2 rings (SSSR count). The van der Waals surface area contributed by atoms with Gasteiger partial charge in [-0.15, -0.1) is 0 Å². The van der Waals surface area contributed by atoms with Gasteiger partial charge in [-0.2, -0.15) is 0 Å². The zero-order chi connectivity index (χ0) is 15.2. The van der Waals surface area contributed by atoms with Crippen LogP contribution in [0.5, 0.6) is 5.75 Å². The first-order valence-corrected chi connectivity index (χ1v) is 8.15. The first-order valence-electron chi connectivity index (χ1n) is 7.36. The molecule has 21 heavy (non-hydrogen) atoms. The Kier molecular flexibility index (Phi) is 5.88. The van der Waals surface area contributed by atoms with E-state index in [1.165, 1.54) is 0 Å². The molecule has 1 unspecified atom stereocenters. The Morgan fingerprint density at radius 2 is 2.05 bits per heavy atom. The van der Waals surface area contributed by atoms with Gasteiger partial charge in [-0.3, -0.25) is 0 Å². The highest BCUT2D eigenvalue weighted by Crippen LogP contribution is 2.34. The van der Waals surface area contributed by atoms with Crippen LogP contribution in [0.2, 0.25) is 0 Å². The minimum Gasteiger partial charge on any atom is -0.497 e. The molecule has 0 spiro atoms. The van der Waals surface area contributed by atoms with Crippen LogP contribution in [0.4, 0.5) is 0 Å². The quantitative estimate of drug-likeness (QED) is 0.747. The van der Waals surface area contributed by atoms with Gasteiger partial charge in [0.15, 0.2) is 0 Å². The van der Waals surface area contributed by atoms with Crippen LogP contribution in [0.1, 0.15) is 38.5 Å². The molecular weight excluding hydrogens is 330 g/mol. The molecule has 1 aromatic heterocycles. The topological polar surface area (TPSA) is 34.4 Å². The van der Waals surface area contributed by atoms with Gasteiger partial charge in [0.25, 0.3) is 0 Å². The van der Waals surface area contributed by atoms with Crippen molar-refractivity contribution in [3.8, 4) is 17.1 Å². The van der Waals surface area contributed by atoms with E-state index in [0.717, 1.165) is 46.7 Å². The molecule has 1 atom stereocenters. The van der Waals surface area contributed by atoms with Crippen molar-refractivity contribution in [3.05, 3.63) is 40.6 Å². The third-order valence-electron chi connectivity index (χ3n) is 3.46. The zero-order valence-corrected chi connectivity index (χ0v) is 14.4. The number of rotatable bonds is 7. The fourth-order valence-corrected chi connectivity index (χ4v) is 2.71. The molecule has 1 N–H and O–H groups in total. The monoisotopic (exact) mass is 351 g/mol. The van der Waals surface area contributed by atoms with Crippen molar-refractivity contribution in [1.82, 2.24) is 5.32 Å². The van der Waals surface area contributed by atoms with Crippen molar-refractivity contribution in [1.29, 1.82) is 0 Å². The summed E-state index contributed by atoms with van der Waals surface area (Å²) in [6, 6.07) is 10.2. The van der Waals surface area contributed by atoms with Gasteiger partial charge in [-0.05, 0) is 49.7 Å². The Morgan fingerprint density at radius 1 is 1.24 bits per heavy atom. The molecule has 0 aliphatic rings. The van der Waals surface area contributed by atoms with Gasteiger partial charge in [-0.25, -0.2) is 0 Å². The van der Waals surface area contributed by atoms with Crippen molar-refractivity contribution in [2.75, 3.05) is 13.7 Å². The number of nitrogens with one attached hydrogen (secondary N) is 1. The predicted molar refractivity (Wildman–Crippen MR) is 89.7 cm³/mol. The van der Waals surface area contributed by atoms with E-state index in [-0.39, 0.29) is 6.04 Å². The highest BCUT2D eigenvalue weighted by molar-refractivity contribution is 9.10. The molecule has 0 bridgehead atoms. The summed E-state index contributed by atoms with van der Waals surface area (Å²) >= 11 is 3.57. The van der Waals surface area contributed by atoms with E-state index in [1.807, 2.05) is 24.3 Å². The smallest absolute Gasteiger partial charge is 0.135 e. The summed E-state index contributed by atoms with van der Waals surface area (Å²) in [4.78, 5) is 0. The second-order valence-corrected chi connectivity index (χ2v) is 5.82. The fraction of sp³-hybridized carbons (Fsp3) is 0.412. The SMILES string of the molecule is CCCNC(CC)c1ccc(-c2cc(OC)ccc2Br)o1. The van der Waals surface area contributed by atoms with Gasteiger partial charge in [0.2, 0.25) is 0 Å². The Bertz CT molecular complexity index is 580. The van der Waals surface area contributed by atoms with Crippen molar-refractivity contribution < 1.29 is 9.15 Å². The third kappa shape index (κ3) is 3.89. The average molecular weight is 352 g/mol. The minimum atomic E-state index is 0.267. The summed E-state index contributed by atoms with van der Waals surface area (Å²) < 4.78 is 12.3. The molecule has 0 saturated carbocycles. The lowest BCUT2D eigenvalue weighted by Gasteiger charge is -2.13. The molecule has 4 heteroatoms. The predicted octanol–water partition coefficient (Wildman–Crippen LogP) is 5.17. The van der Waals surface area contributed by atoms with E-state index < -0.39 is 0 Å². The highest BCUT2D eigenvalue weighted by Gasteiger charge is 2.15. The van der Waals surface area contributed by atoms with E-state index >= 15 is 0 Å². The Balaban J connectivity index is 2.26. The lowest BCUT2D eigenvalue weighted by Crippen LogP contribution is -2.20. The van der Waals surface area contributed by atoms with Crippen LogP contribution in [0.25, 0.3) is 11.3 Å². The van der Waals surface area contributed by atoms with Gasteiger partial charge in [-0.1, -0.05) is 29.8 Å². The van der Waals surface area contributed by atoms with Crippen molar-refractivity contribution in [2.45, 2.75) is 32.7 Å². The number of ether oxygens (including phenoxy) is 1. The fourth-order valence-electron chi connectivity index (χ4n) is 2.27. The number of hydrogen-bond donors (Lipinski definition) is 1. The van der Waals surface area contributed by atoms with Gasteiger partial charge >= 0.3 is 0 Å². The molecule has 0 amide bonds. The van der Waals surface area contributed by atoms with E-state index in [2.05, 4.69) is 41.2 Å². The van der Waals surface area contributed by atoms with Crippen LogP contribution in [0, 0.1) is 0 Å². The largest absolute Gasteiger partial charge is 0.497 e. The summed E-state index contributed by atoms with van der Waals surface area (Å²) in [7, 11) is 1.67. The molecule has 114 valence electrons. The second kappa shape index (κ2) is 7.66. The number of hydrogen-bond acceptors (Lipinski definition) is 3. The van der Waals surface area contributed by atoms with Crippen LogP contribution in [0.15, 0.2) is 39.2 Å². The summed E-state index contributed by atoms with van der Waals surface area (Å²) in [5.74, 6) is 2.66. The summed E-state index contributed by atoms with van der Waals surface area (Å²) in [6.07, 6.45) is 2.12. The van der Waals surface area contributed by atoms with E-state index in [4.69, 9.17) is 9.15 Å². The van der Waals surface area contributed by atoms with Gasteiger partial charge in [0.1, 0.15) is 17.3 Å². The molecular formula is C17H22BrNO2. The lowest BCUT2D eigenvalue weighted by molar-refractivity contribution is 0.408. The Labute approximate surface area is 134 Å². The van der Waals surface area contributed by atoms with E-state index in [1.54, 1.807) is 7.11 Å². The molecule has 0 aliphatic carbocycles. The number of methoxy groups -OCH3 is 1. The number of halogens is 1. The van der Waals surface area contributed by atoms with Gasteiger partial charge < -0.3 is 14.5 Å². The maximum atomic E-state index is 6.05. The van der Waals surface area contributed by atoms with Crippen molar-refractivity contribution in [3.63, 3.8) is 0 Å². The normalized spacial score (nSPS) is 12.4. The Hall–Kier alpha value is -1.26. The second-order valence-electron chi connectivity index (χ2n) is 4.96. The molecule has 0 aliphatic heterocycles. The van der Waals surface area contributed by atoms with Crippen molar-refractivity contribution in [2.24, 2.45) is 0 Å². The minimum absolute atomic E-state index is 0.267. The maximum absolute atomic E-state index is 6.05. The number of benzene rings is 1. The van der Waals surface area contributed by atoms with Gasteiger partial charge in [0, 0.05) is 10.0 Å². The molecule has 3 nitrogen and oxygen atoms in total. The van der Waals surface area contributed by atoms with Crippen LogP contribution in [-0.2, 0) is 0 Å². The van der Waals surface area contributed by atoms with Crippen molar-refractivity contribution >= 4 is 15.9 Å². The van der Waals surface area contributed by atoms with E-state index in [9.17, 15) is 0 Å². The molecule has 0 radical (unpaired) electrons. The first-order chi connectivity index (χ1) is 10.2.